The molecule has 43 heavy (non-hydrogen) atoms. The summed E-state index contributed by atoms with van der Waals surface area (Å²) >= 11 is 0. The number of amides is 1. The number of anilines is 3. The highest BCUT2D eigenvalue weighted by Gasteiger charge is 2.35. The van der Waals surface area contributed by atoms with Crippen molar-refractivity contribution in [2.45, 2.75) is 27.3 Å². The highest BCUT2D eigenvalue weighted by molar-refractivity contribution is 6.11. The molecule has 0 spiro atoms. The molecule has 0 bridgehead atoms. The van der Waals surface area contributed by atoms with Gasteiger partial charge in [0.25, 0.3) is 0 Å². The van der Waals surface area contributed by atoms with Gasteiger partial charge in [-0.05, 0) is 43.7 Å². The number of para-hydroxylation sites is 1. The number of aryl methyl sites for hydroxylation is 1. The van der Waals surface area contributed by atoms with Crippen LogP contribution in [0.4, 0.5) is 27.4 Å². The number of carbonyl (C=O) groups excluding carboxylic acids is 1. The number of benzene rings is 2. The van der Waals surface area contributed by atoms with Crippen molar-refractivity contribution in [3.63, 3.8) is 0 Å². The van der Waals surface area contributed by atoms with E-state index >= 15 is 4.39 Å². The van der Waals surface area contributed by atoms with Crippen molar-refractivity contribution in [2.75, 3.05) is 23.4 Å². The Morgan fingerprint density at radius 2 is 1.95 bits per heavy atom. The van der Waals surface area contributed by atoms with Gasteiger partial charge in [-0.15, -0.1) is 0 Å². The topological polar surface area (TPSA) is 138 Å². The molecule has 0 saturated carbocycles. The van der Waals surface area contributed by atoms with E-state index in [-0.39, 0.29) is 41.4 Å². The number of hydrogen-bond donors (Lipinski definition) is 1. The van der Waals surface area contributed by atoms with Crippen LogP contribution < -0.4 is 19.7 Å². The number of aromatic nitrogens is 4. The lowest BCUT2D eigenvalue weighted by Crippen LogP contribution is -2.16. The highest BCUT2D eigenvalue weighted by atomic mass is 19.1. The van der Waals surface area contributed by atoms with Crippen molar-refractivity contribution in [3.8, 4) is 28.5 Å². The number of nitrogens with one attached hydrogen (secondary N) is 1. The molecule has 1 aliphatic heterocycles. The molecular formula is C30H26FN7O5. The van der Waals surface area contributed by atoms with Crippen molar-refractivity contribution in [3.05, 3.63) is 82.6 Å². The first-order valence-electron chi connectivity index (χ1n) is 13.5. The number of hydrogen-bond acceptors (Lipinski definition) is 9. The van der Waals surface area contributed by atoms with E-state index in [0.29, 0.717) is 46.8 Å². The first-order valence-corrected chi connectivity index (χ1v) is 13.5. The first-order chi connectivity index (χ1) is 20.8. The van der Waals surface area contributed by atoms with Crippen LogP contribution in [0.3, 0.4) is 0 Å². The van der Waals surface area contributed by atoms with Crippen LogP contribution in [-0.4, -0.2) is 43.5 Å². The van der Waals surface area contributed by atoms with Gasteiger partial charge in [0.2, 0.25) is 17.5 Å². The molecule has 0 radical (unpaired) electrons. The Morgan fingerprint density at radius 1 is 1.14 bits per heavy atom. The first kappa shape index (κ1) is 27.6. The van der Waals surface area contributed by atoms with Crippen LogP contribution in [0, 0.1) is 22.9 Å². The summed E-state index contributed by atoms with van der Waals surface area (Å²) in [6, 6.07) is 14.5. The van der Waals surface area contributed by atoms with Gasteiger partial charge >= 0.3 is 5.69 Å². The van der Waals surface area contributed by atoms with E-state index in [1.807, 2.05) is 22.5 Å². The monoisotopic (exact) mass is 583 g/mol. The van der Waals surface area contributed by atoms with E-state index in [1.165, 1.54) is 31.5 Å². The molecule has 0 unspecified atom stereocenters. The minimum absolute atomic E-state index is 0.0190. The summed E-state index contributed by atoms with van der Waals surface area (Å²) in [5, 5.41) is 15.1. The molecule has 0 fully saturated rings. The van der Waals surface area contributed by atoms with Gasteiger partial charge in [-0.3, -0.25) is 14.9 Å². The van der Waals surface area contributed by atoms with E-state index in [2.05, 4.69) is 20.3 Å². The predicted octanol–water partition coefficient (Wildman–Crippen LogP) is 6.15. The molecule has 4 heterocycles. The molecular weight excluding hydrogens is 557 g/mol. The zero-order valence-electron chi connectivity index (χ0n) is 23.5. The molecule has 0 saturated heterocycles. The maximum absolute atomic E-state index is 15.6. The van der Waals surface area contributed by atoms with Gasteiger partial charge < -0.3 is 24.3 Å². The fourth-order valence-electron chi connectivity index (χ4n) is 5.31. The third-order valence-electron chi connectivity index (χ3n) is 6.96. The number of nitro benzene ring substituents is 1. The number of fused-ring (bicyclic) bond motifs is 3. The number of carbonyl (C=O) groups is 1. The SMILES string of the molecule is CCOc1c(N2CCn3c2c(-c2ccc(Oc4cccc(C)n4)c(F)c2)c2c(NC(C)=O)ncnc23)cccc1[N+](=O)[O-]. The van der Waals surface area contributed by atoms with E-state index in [0.717, 1.165) is 5.69 Å². The van der Waals surface area contributed by atoms with Crippen LogP contribution in [0.2, 0.25) is 0 Å². The molecule has 6 rings (SSSR count). The molecule has 1 aliphatic rings. The lowest BCUT2D eigenvalue weighted by molar-refractivity contribution is -0.385. The number of nitrogens with zero attached hydrogens (tertiary/aromatic N) is 6. The number of halogens is 1. The molecule has 218 valence electrons. The van der Waals surface area contributed by atoms with Gasteiger partial charge in [-0.25, -0.2) is 19.3 Å². The average molecular weight is 584 g/mol. The maximum atomic E-state index is 15.6. The lowest BCUT2D eigenvalue weighted by atomic mass is 10.0. The summed E-state index contributed by atoms with van der Waals surface area (Å²) in [6.45, 7) is 6.03. The number of pyridine rings is 1. The predicted molar refractivity (Wildman–Crippen MR) is 158 cm³/mol. The Kier molecular flexibility index (Phi) is 7.06. The second-order valence-electron chi connectivity index (χ2n) is 9.78. The van der Waals surface area contributed by atoms with Crippen LogP contribution >= 0.6 is 0 Å². The summed E-state index contributed by atoms with van der Waals surface area (Å²) in [6.07, 6.45) is 1.35. The maximum Gasteiger partial charge on any atom is 0.313 e. The van der Waals surface area contributed by atoms with Gasteiger partial charge in [0.05, 0.1) is 22.6 Å². The highest BCUT2D eigenvalue weighted by Crippen LogP contribution is 2.50. The normalized spacial score (nSPS) is 12.3. The molecule has 1 amide bonds. The van der Waals surface area contributed by atoms with Gasteiger partial charge in [0, 0.05) is 43.4 Å². The fraction of sp³-hybridized carbons (Fsp3) is 0.200. The largest absolute Gasteiger partial charge is 0.486 e. The molecule has 5 aromatic rings. The quantitative estimate of drug-likeness (QED) is 0.168. The minimum Gasteiger partial charge on any atom is -0.486 e. The van der Waals surface area contributed by atoms with Gasteiger partial charge in [0.15, 0.2) is 11.6 Å². The van der Waals surface area contributed by atoms with Gasteiger partial charge in [0.1, 0.15) is 23.6 Å². The second kappa shape index (κ2) is 11.0. The lowest BCUT2D eigenvalue weighted by Gasteiger charge is -2.22. The van der Waals surface area contributed by atoms with Crippen LogP contribution in [0.1, 0.15) is 19.5 Å². The Balaban J connectivity index is 1.57. The van der Waals surface area contributed by atoms with Crippen LogP contribution in [0.25, 0.3) is 22.2 Å². The third kappa shape index (κ3) is 4.94. The molecule has 1 N–H and O–H groups in total. The van der Waals surface area contributed by atoms with Crippen LogP contribution in [-0.2, 0) is 11.3 Å². The Hall–Kier alpha value is -5.59. The number of nitro groups is 1. The number of ether oxygens (including phenoxy) is 2. The van der Waals surface area contributed by atoms with E-state index < -0.39 is 10.7 Å². The summed E-state index contributed by atoms with van der Waals surface area (Å²) in [7, 11) is 0. The zero-order valence-corrected chi connectivity index (χ0v) is 23.5. The minimum atomic E-state index is -0.637. The van der Waals surface area contributed by atoms with E-state index in [4.69, 9.17) is 9.47 Å². The van der Waals surface area contributed by atoms with Crippen molar-refractivity contribution >= 4 is 40.0 Å². The molecule has 2 aromatic carbocycles. The average Bonchev–Trinajstić information content (AvgIpc) is 3.53. The van der Waals surface area contributed by atoms with Gasteiger partial charge in [-0.1, -0.05) is 18.2 Å². The molecule has 13 heteroatoms. The van der Waals surface area contributed by atoms with E-state index in [1.54, 1.807) is 37.3 Å². The second-order valence-corrected chi connectivity index (χ2v) is 9.78. The summed E-state index contributed by atoms with van der Waals surface area (Å²) in [5.74, 6) is 0.223. The van der Waals surface area contributed by atoms with Crippen LogP contribution in [0.5, 0.6) is 17.4 Å². The van der Waals surface area contributed by atoms with Crippen molar-refractivity contribution in [2.24, 2.45) is 0 Å². The standard InChI is InChI=1S/C30H26FN7O5/c1-4-42-27-21(8-6-9-22(27)38(40)41)36-13-14-37-29-26(28(32-16-33-29)35-18(3)39)25(30(36)37)19-11-12-23(20(31)15-19)43-24-10-5-7-17(2)34-24/h5-12,15-16H,4,13-14H2,1-3H3,(H,32,33,35,39). The van der Waals surface area contributed by atoms with E-state index in [9.17, 15) is 14.9 Å². The summed E-state index contributed by atoms with van der Waals surface area (Å²) in [4.78, 5) is 38.5. The Bertz CT molecular complexity index is 1910. The van der Waals surface area contributed by atoms with Gasteiger partial charge in [-0.2, -0.15) is 0 Å². The Morgan fingerprint density at radius 3 is 2.67 bits per heavy atom. The third-order valence-corrected chi connectivity index (χ3v) is 6.96. The summed E-state index contributed by atoms with van der Waals surface area (Å²) in [5.41, 5.74) is 2.52. The smallest absolute Gasteiger partial charge is 0.313 e. The van der Waals surface area contributed by atoms with Crippen molar-refractivity contribution in [1.29, 1.82) is 0 Å². The van der Waals surface area contributed by atoms with Crippen molar-refractivity contribution in [1.82, 2.24) is 19.5 Å². The number of rotatable bonds is 8. The molecule has 3 aromatic heterocycles. The molecule has 0 aliphatic carbocycles. The fourth-order valence-corrected chi connectivity index (χ4v) is 5.31. The molecule has 0 atom stereocenters. The van der Waals surface area contributed by atoms with Crippen molar-refractivity contribution < 1.29 is 23.6 Å². The zero-order chi connectivity index (χ0) is 30.2. The molecule has 12 nitrogen and oxygen atoms in total. The summed E-state index contributed by atoms with van der Waals surface area (Å²) < 4.78 is 29.1. The van der Waals surface area contributed by atoms with Crippen LogP contribution in [0.15, 0.2) is 60.9 Å². The Labute approximate surface area is 244 Å².